The second-order valence-electron chi connectivity index (χ2n) is 9.30. The fourth-order valence-electron chi connectivity index (χ4n) is 5.40. The first-order chi connectivity index (χ1) is 16.2. The lowest BCUT2D eigenvalue weighted by Gasteiger charge is -2.32. The number of likely N-dealkylation sites (tertiary alicyclic amines) is 1. The second-order valence-corrected chi connectivity index (χ2v) is 9.30. The van der Waals surface area contributed by atoms with Gasteiger partial charge >= 0.3 is 0 Å². The summed E-state index contributed by atoms with van der Waals surface area (Å²) in [5, 5.41) is 0. The minimum atomic E-state index is 0.0553. The maximum atomic E-state index is 13.5. The van der Waals surface area contributed by atoms with Gasteiger partial charge in [-0.1, -0.05) is 30.3 Å². The number of hydrogen-bond donors (Lipinski definition) is 1. The molecule has 1 saturated heterocycles. The summed E-state index contributed by atoms with van der Waals surface area (Å²) in [7, 11) is 0. The van der Waals surface area contributed by atoms with Crippen molar-refractivity contribution in [3.63, 3.8) is 0 Å². The summed E-state index contributed by atoms with van der Waals surface area (Å²) in [6.45, 7) is 4.27. The number of amides is 1. The Balaban J connectivity index is 1.21. The molecule has 2 unspecified atom stereocenters. The zero-order valence-electron chi connectivity index (χ0n) is 18.8. The molecule has 4 heterocycles. The highest BCUT2D eigenvalue weighted by Gasteiger charge is 2.31. The van der Waals surface area contributed by atoms with Gasteiger partial charge in [-0.2, -0.15) is 0 Å². The van der Waals surface area contributed by atoms with E-state index in [2.05, 4.69) is 41.1 Å². The van der Waals surface area contributed by atoms with Gasteiger partial charge < -0.3 is 19.2 Å². The molecule has 1 amide bonds. The Bertz CT molecular complexity index is 1270. The van der Waals surface area contributed by atoms with E-state index in [9.17, 15) is 4.79 Å². The number of para-hydroxylation sites is 3. The summed E-state index contributed by atoms with van der Waals surface area (Å²) in [6.07, 6.45) is 4.67. The number of carbonyl (C=O) groups excluding carboxylic acids is 1. The molecule has 2 aromatic heterocycles. The maximum Gasteiger partial charge on any atom is 0.257 e. The van der Waals surface area contributed by atoms with Crippen LogP contribution >= 0.6 is 0 Å². The lowest BCUT2D eigenvalue weighted by atomic mass is 9.96. The topological polar surface area (TPSA) is 65.4 Å². The molecule has 6 nitrogen and oxygen atoms in total. The predicted molar refractivity (Wildman–Crippen MR) is 128 cm³/mol. The highest BCUT2D eigenvalue weighted by molar-refractivity contribution is 5.95. The molecule has 2 aliphatic heterocycles. The van der Waals surface area contributed by atoms with Gasteiger partial charge in [-0.25, -0.2) is 4.98 Å². The van der Waals surface area contributed by atoms with Crippen LogP contribution in [0.4, 0.5) is 5.69 Å². The first-order valence-corrected chi connectivity index (χ1v) is 11.8. The van der Waals surface area contributed by atoms with E-state index in [4.69, 9.17) is 9.40 Å². The highest BCUT2D eigenvalue weighted by Crippen LogP contribution is 2.34. The van der Waals surface area contributed by atoms with E-state index in [1.165, 1.54) is 11.3 Å². The molecule has 6 rings (SSSR count). The number of imidazole rings is 1. The Kier molecular flexibility index (Phi) is 4.93. The van der Waals surface area contributed by atoms with Crippen LogP contribution in [0.1, 0.15) is 53.2 Å². The van der Waals surface area contributed by atoms with Gasteiger partial charge in [-0.3, -0.25) is 4.79 Å². The Morgan fingerprint density at radius 3 is 2.91 bits per heavy atom. The minimum Gasteiger partial charge on any atom is -0.467 e. The largest absolute Gasteiger partial charge is 0.467 e. The number of H-pyrrole nitrogens is 1. The molecule has 2 aliphatic rings. The number of rotatable bonds is 4. The summed E-state index contributed by atoms with van der Waals surface area (Å²) in [6, 6.07) is 18.8. The third kappa shape index (κ3) is 3.59. The predicted octanol–water partition coefficient (Wildman–Crippen LogP) is 5.13. The molecular weight excluding hydrogens is 412 g/mol. The second kappa shape index (κ2) is 8.10. The lowest BCUT2D eigenvalue weighted by Crippen LogP contribution is -2.40. The Hall–Kier alpha value is -3.54. The van der Waals surface area contributed by atoms with Gasteiger partial charge in [0.25, 0.3) is 5.91 Å². The molecule has 1 N–H and O–H groups in total. The van der Waals surface area contributed by atoms with Crippen molar-refractivity contribution in [1.82, 2.24) is 14.9 Å². The van der Waals surface area contributed by atoms with Crippen molar-refractivity contribution in [1.29, 1.82) is 0 Å². The molecule has 2 aromatic carbocycles. The molecule has 1 fully saturated rings. The quantitative estimate of drug-likeness (QED) is 0.478. The molecule has 0 aliphatic carbocycles. The number of aromatic amines is 1. The van der Waals surface area contributed by atoms with Gasteiger partial charge in [0.2, 0.25) is 0 Å². The zero-order chi connectivity index (χ0) is 22.4. The van der Waals surface area contributed by atoms with Crippen molar-refractivity contribution in [2.75, 3.05) is 18.0 Å². The molecule has 0 saturated carbocycles. The number of carbonyl (C=O) groups is 1. The molecule has 6 heteroatoms. The van der Waals surface area contributed by atoms with Gasteiger partial charge in [-0.15, -0.1) is 0 Å². The minimum absolute atomic E-state index is 0.0553. The van der Waals surface area contributed by atoms with E-state index in [0.717, 1.165) is 48.4 Å². The SMILES string of the molecule is CC1Cc2ccccc2N1Cc1occc1C(=O)N1CCCC(c2nc3ccccc3[nH]2)C1. The van der Waals surface area contributed by atoms with Crippen molar-refractivity contribution in [3.8, 4) is 0 Å². The smallest absolute Gasteiger partial charge is 0.257 e. The van der Waals surface area contributed by atoms with Crippen molar-refractivity contribution in [3.05, 3.63) is 83.6 Å². The molecule has 2 atom stereocenters. The van der Waals surface area contributed by atoms with Gasteiger partial charge in [0.1, 0.15) is 11.6 Å². The maximum absolute atomic E-state index is 13.5. The Morgan fingerprint density at radius 1 is 1.15 bits per heavy atom. The Morgan fingerprint density at radius 2 is 2.00 bits per heavy atom. The summed E-state index contributed by atoms with van der Waals surface area (Å²) in [5.41, 5.74) is 5.30. The number of piperidine rings is 1. The monoisotopic (exact) mass is 440 g/mol. The van der Waals surface area contributed by atoms with Crippen LogP contribution < -0.4 is 4.90 Å². The Labute approximate surface area is 193 Å². The van der Waals surface area contributed by atoms with Crippen LogP contribution in [0.25, 0.3) is 11.0 Å². The van der Waals surface area contributed by atoms with Crippen LogP contribution in [-0.4, -0.2) is 39.9 Å². The third-order valence-corrected chi connectivity index (χ3v) is 7.14. The van der Waals surface area contributed by atoms with Gasteiger partial charge in [0.05, 0.1) is 29.4 Å². The molecule has 4 aromatic rings. The number of benzene rings is 2. The van der Waals surface area contributed by atoms with Crippen molar-refractivity contribution in [2.24, 2.45) is 0 Å². The molecular formula is C27H28N4O2. The normalized spacial score (nSPS) is 20.4. The van der Waals surface area contributed by atoms with E-state index >= 15 is 0 Å². The standard InChI is InChI=1S/C27H28N4O2/c1-18-15-19-7-2-5-11-24(19)31(18)17-25-21(12-14-33-25)27(32)30-13-6-8-20(16-30)26-28-22-9-3-4-10-23(22)29-26/h2-5,7,9-12,14,18,20H,6,8,13,15-17H2,1H3,(H,28,29). The van der Waals surface area contributed by atoms with Crippen LogP contribution in [0.3, 0.4) is 0 Å². The highest BCUT2D eigenvalue weighted by atomic mass is 16.3. The first kappa shape index (κ1) is 20.1. The lowest BCUT2D eigenvalue weighted by molar-refractivity contribution is 0.0702. The average Bonchev–Trinajstić information content (AvgIpc) is 3.56. The average molecular weight is 441 g/mol. The van der Waals surface area contributed by atoms with E-state index in [0.29, 0.717) is 24.7 Å². The fraction of sp³-hybridized carbons (Fsp3) is 0.333. The molecule has 0 spiro atoms. The third-order valence-electron chi connectivity index (χ3n) is 7.14. The van der Waals surface area contributed by atoms with Gasteiger partial charge in [-0.05, 0) is 56.0 Å². The van der Waals surface area contributed by atoms with E-state index in [-0.39, 0.29) is 11.8 Å². The zero-order valence-corrected chi connectivity index (χ0v) is 18.8. The van der Waals surface area contributed by atoms with Gasteiger partial charge in [0, 0.05) is 30.7 Å². The number of hydrogen-bond acceptors (Lipinski definition) is 4. The summed E-state index contributed by atoms with van der Waals surface area (Å²) < 4.78 is 5.85. The summed E-state index contributed by atoms with van der Waals surface area (Å²) >= 11 is 0. The van der Waals surface area contributed by atoms with Crippen molar-refractivity contribution < 1.29 is 9.21 Å². The van der Waals surface area contributed by atoms with Gasteiger partial charge in [0.15, 0.2) is 0 Å². The number of anilines is 1. The van der Waals surface area contributed by atoms with E-state index < -0.39 is 0 Å². The number of fused-ring (bicyclic) bond motifs is 2. The molecule has 33 heavy (non-hydrogen) atoms. The van der Waals surface area contributed by atoms with E-state index in [1.54, 1.807) is 6.26 Å². The van der Waals surface area contributed by atoms with Crippen LogP contribution in [0.15, 0.2) is 65.3 Å². The number of nitrogens with zero attached hydrogens (tertiary/aromatic N) is 3. The number of nitrogens with one attached hydrogen (secondary N) is 1. The molecule has 0 radical (unpaired) electrons. The van der Waals surface area contributed by atoms with Crippen LogP contribution in [0.2, 0.25) is 0 Å². The summed E-state index contributed by atoms with van der Waals surface area (Å²) in [4.78, 5) is 26.1. The first-order valence-electron chi connectivity index (χ1n) is 11.8. The number of aromatic nitrogens is 2. The van der Waals surface area contributed by atoms with E-state index in [1.807, 2.05) is 35.2 Å². The number of furan rings is 1. The fourth-order valence-corrected chi connectivity index (χ4v) is 5.40. The molecule has 0 bridgehead atoms. The van der Waals surface area contributed by atoms with Crippen molar-refractivity contribution in [2.45, 2.75) is 44.7 Å². The van der Waals surface area contributed by atoms with Crippen LogP contribution in [0.5, 0.6) is 0 Å². The van der Waals surface area contributed by atoms with Crippen molar-refractivity contribution >= 4 is 22.6 Å². The summed E-state index contributed by atoms with van der Waals surface area (Å²) in [5.74, 6) is 1.99. The molecule has 168 valence electrons. The van der Waals surface area contributed by atoms with Crippen LogP contribution in [0, 0.1) is 0 Å². The van der Waals surface area contributed by atoms with Crippen LogP contribution in [-0.2, 0) is 13.0 Å².